The number of hydrogen-bond donors (Lipinski definition) is 2. The Hall–Kier alpha value is -1.59. The minimum atomic E-state index is -0.164. The highest BCUT2D eigenvalue weighted by atomic mass is 16.5. The maximum absolute atomic E-state index is 12.2. The molecular formula is C16H26N2O3. The zero-order valence-corrected chi connectivity index (χ0v) is 13.1. The number of rotatable bonds is 9. The van der Waals surface area contributed by atoms with Crippen molar-refractivity contribution in [3.8, 4) is 5.75 Å². The molecule has 0 bridgehead atoms. The monoisotopic (exact) mass is 294 g/mol. The number of anilines is 1. The second kappa shape index (κ2) is 9.37. The summed E-state index contributed by atoms with van der Waals surface area (Å²) in [5, 5.41) is 2.90. The molecule has 0 fully saturated rings. The second-order valence-corrected chi connectivity index (χ2v) is 5.42. The van der Waals surface area contributed by atoms with Crippen LogP contribution in [0.25, 0.3) is 0 Å². The molecule has 118 valence electrons. The van der Waals surface area contributed by atoms with Crippen LogP contribution in [0.4, 0.5) is 5.69 Å². The zero-order valence-electron chi connectivity index (χ0n) is 13.1. The Kier molecular flexibility index (Phi) is 7.79. The number of nitrogens with two attached hydrogens (primary N) is 1. The summed E-state index contributed by atoms with van der Waals surface area (Å²) in [6.45, 7) is 5.53. The van der Waals surface area contributed by atoms with Gasteiger partial charge in [0, 0.05) is 25.4 Å². The van der Waals surface area contributed by atoms with Crippen molar-refractivity contribution in [3.05, 3.63) is 24.3 Å². The van der Waals surface area contributed by atoms with Crippen LogP contribution < -0.4 is 15.8 Å². The lowest BCUT2D eigenvalue weighted by Crippen LogP contribution is -2.30. The summed E-state index contributed by atoms with van der Waals surface area (Å²) in [7, 11) is 1.63. The summed E-state index contributed by atoms with van der Waals surface area (Å²) in [5.41, 5.74) is 6.41. The third-order valence-corrected chi connectivity index (χ3v) is 3.07. The van der Waals surface area contributed by atoms with Gasteiger partial charge < -0.3 is 20.5 Å². The molecule has 0 aliphatic rings. The molecule has 0 aliphatic carbocycles. The number of amides is 1. The number of methoxy groups -OCH3 is 1. The first-order chi connectivity index (χ1) is 10.1. The standard InChI is InChI=1S/C16H26N2O3/c1-12(2)9-13(11-17)16(19)18-14-5-4-6-15(10-14)21-8-7-20-3/h4-6,10,12-13H,7-9,11,17H2,1-3H3,(H,18,19). The van der Waals surface area contributed by atoms with Gasteiger partial charge in [0.25, 0.3) is 0 Å². The molecule has 1 atom stereocenters. The number of carbonyl (C=O) groups excluding carboxylic acids is 1. The highest BCUT2D eigenvalue weighted by Crippen LogP contribution is 2.19. The molecule has 1 unspecified atom stereocenters. The van der Waals surface area contributed by atoms with Crippen LogP contribution in [0.5, 0.6) is 5.75 Å². The lowest BCUT2D eigenvalue weighted by molar-refractivity contribution is -0.120. The first kappa shape index (κ1) is 17.5. The van der Waals surface area contributed by atoms with Crippen LogP contribution in [-0.2, 0) is 9.53 Å². The van der Waals surface area contributed by atoms with Crippen LogP contribution in [0.1, 0.15) is 20.3 Å². The average Bonchev–Trinajstić information content (AvgIpc) is 2.45. The normalized spacial score (nSPS) is 12.2. The topological polar surface area (TPSA) is 73.6 Å². The van der Waals surface area contributed by atoms with Crippen molar-refractivity contribution in [2.75, 3.05) is 32.2 Å². The minimum absolute atomic E-state index is 0.0414. The molecule has 0 saturated carbocycles. The quantitative estimate of drug-likeness (QED) is 0.685. The Labute approximate surface area is 126 Å². The van der Waals surface area contributed by atoms with Crippen molar-refractivity contribution >= 4 is 11.6 Å². The van der Waals surface area contributed by atoms with Crippen LogP contribution in [0.3, 0.4) is 0 Å². The van der Waals surface area contributed by atoms with E-state index in [1.54, 1.807) is 13.2 Å². The van der Waals surface area contributed by atoms with Crippen molar-refractivity contribution in [3.63, 3.8) is 0 Å². The summed E-state index contributed by atoms with van der Waals surface area (Å²) >= 11 is 0. The fourth-order valence-corrected chi connectivity index (χ4v) is 2.03. The zero-order chi connectivity index (χ0) is 15.7. The van der Waals surface area contributed by atoms with Gasteiger partial charge in [-0.15, -0.1) is 0 Å². The maximum atomic E-state index is 12.2. The van der Waals surface area contributed by atoms with Gasteiger partial charge in [0.1, 0.15) is 12.4 Å². The van der Waals surface area contributed by atoms with E-state index in [2.05, 4.69) is 19.2 Å². The Morgan fingerprint density at radius 3 is 2.71 bits per heavy atom. The van der Waals surface area contributed by atoms with Gasteiger partial charge in [0.05, 0.1) is 12.5 Å². The van der Waals surface area contributed by atoms with Gasteiger partial charge in [-0.2, -0.15) is 0 Å². The lowest BCUT2D eigenvalue weighted by Gasteiger charge is -2.17. The molecule has 1 aromatic carbocycles. The Morgan fingerprint density at radius 2 is 2.10 bits per heavy atom. The molecule has 0 spiro atoms. The molecule has 0 saturated heterocycles. The Morgan fingerprint density at radius 1 is 1.33 bits per heavy atom. The molecule has 3 N–H and O–H groups in total. The SMILES string of the molecule is COCCOc1cccc(NC(=O)C(CN)CC(C)C)c1. The van der Waals surface area contributed by atoms with Crippen LogP contribution >= 0.6 is 0 Å². The van der Waals surface area contributed by atoms with E-state index < -0.39 is 0 Å². The molecule has 0 aromatic heterocycles. The Bertz CT molecular complexity index is 435. The highest BCUT2D eigenvalue weighted by Gasteiger charge is 2.18. The van der Waals surface area contributed by atoms with Gasteiger partial charge in [-0.1, -0.05) is 19.9 Å². The molecule has 0 radical (unpaired) electrons. The molecule has 0 aliphatic heterocycles. The number of hydrogen-bond acceptors (Lipinski definition) is 4. The van der Waals surface area contributed by atoms with E-state index in [0.29, 0.717) is 31.4 Å². The summed E-state index contributed by atoms with van der Waals surface area (Å²) in [6, 6.07) is 7.33. The van der Waals surface area contributed by atoms with Gasteiger partial charge in [-0.05, 0) is 24.5 Å². The third-order valence-electron chi connectivity index (χ3n) is 3.07. The van der Waals surface area contributed by atoms with Gasteiger partial charge in [-0.3, -0.25) is 4.79 Å². The predicted octanol–water partition coefficient (Wildman–Crippen LogP) is 2.27. The number of ether oxygens (including phenoxy) is 2. The fraction of sp³-hybridized carbons (Fsp3) is 0.562. The molecule has 5 nitrogen and oxygen atoms in total. The van der Waals surface area contributed by atoms with Crippen molar-refractivity contribution in [1.29, 1.82) is 0 Å². The van der Waals surface area contributed by atoms with Gasteiger partial charge in [-0.25, -0.2) is 0 Å². The molecule has 1 rings (SSSR count). The smallest absolute Gasteiger partial charge is 0.228 e. The second-order valence-electron chi connectivity index (χ2n) is 5.42. The highest BCUT2D eigenvalue weighted by molar-refractivity contribution is 5.92. The van der Waals surface area contributed by atoms with E-state index in [0.717, 1.165) is 12.1 Å². The number of carbonyl (C=O) groups is 1. The largest absolute Gasteiger partial charge is 0.491 e. The first-order valence-corrected chi connectivity index (χ1v) is 7.29. The van der Waals surface area contributed by atoms with E-state index in [-0.39, 0.29) is 11.8 Å². The van der Waals surface area contributed by atoms with Gasteiger partial charge >= 0.3 is 0 Å². The van der Waals surface area contributed by atoms with E-state index in [4.69, 9.17) is 15.2 Å². The first-order valence-electron chi connectivity index (χ1n) is 7.29. The van der Waals surface area contributed by atoms with E-state index in [1.165, 1.54) is 0 Å². The summed E-state index contributed by atoms with van der Waals surface area (Å²) in [5.74, 6) is 0.939. The summed E-state index contributed by atoms with van der Waals surface area (Å²) in [4.78, 5) is 12.2. The van der Waals surface area contributed by atoms with Gasteiger partial charge in [0.2, 0.25) is 5.91 Å². The van der Waals surface area contributed by atoms with E-state index >= 15 is 0 Å². The van der Waals surface area contributed by atoms with Crippen LogP contribution in [0.15, 0.2) is 24.3 Å². The number of nitrogens with one attached hydrogen (secondary N) is 1. The summed E-state index contributed by atoms with van der Waals surface area (Å²) in [6.07, 6.45) is 0.784. The molecular weight excluding hydrogens is 268 g/mol. The Balaban J connectivity index is 2.60. The minimum Gasteiger partial charge on any atom is -0.491 e. The average molecular weight is 294 g/mol. The molecule has 1 aromatic rings. The van der Waals surface area contributed by atoms with Crippen LogP contribution in [-0.4, -0.2) is 32.8 Å². The maximum Gasteiger partial charge on any atom is 0.228 e. The third kappa shape index (κ3) is 6.60. The fourth-order valence-electron chi connectivity index (χ4n) is 2.03. The molecule has 5 heteroatoms. The predicted molar refractivity (Wildman–Crippen MR) is 84.4 cm³/mol. The van der Waals surface area contributed by atoms with E-state index in [9.17, 15) is 4.79 Å². The van der Waals surface area contributed by atoms with Gasteiger partial charge in [0.15, 0.2) is 0 Å². The number of benzene rings is 1. The van der Waals surface area contributed by atoms with Crippen LogP contribution in [0.2, 0.25) is 0 Å². The lowest BCUT2D eigenvalue weighted by atomic mass is 9.96. The van der Waals surface area contributed by atoms with Crippen molar-refractivity contribution < 1.29 is 14.3 Å². The van der Waals surface area contributed by atoms with Crippen molar-refractivity contribution in [2.45, 2.75) is 20.3 Å². The van der Waals surface area contributed by atoms with E-state index in [1.807, 2.05) is 18.2 Å². The molecule has 21 heavy (non-hydrogen) atoms. The van der Waals surface area contributed by atoms with Crippen LogP contribution in [0, 0.1) is 11.8 Å². The van der Waals surface area contributed by atoms with Crippen molar-refractivity contribution in [2.24, 2.45) is 17.6 Å². The molecule has 1 amide bonds. The summed E-state index contributed by atoms with van der Waals surface area (Å²) < 4.78 is 10.5. The van der Waals surface area contributed by atoms with Crippen molar-refractivity contribution in [1.82, 2.24) is 0 Å². The molecule has 0 heterocycles.